The van der Waals surface area contributed by atoms with Crippen LogP contribution in [0.4, 0.5) is 0 Å². The first-order valence-electron chi connectivity index (χ1n) is 4.28. The molecule has 0 N–H and O–H groups in total. The lowest BCUT2D eigenvalue weighted by atomic mass is 10.1. The van der Waals surface area contributed by atoms with Gasteiger partial charge in [-0.1, -0.05) is 34.7 Å². The van der Waals surface area contributed by atoms with Gasteiger partial charge >= 0.3 is 0 Å². The zero-order valence-corrected chi connectivity index (χ0v) is 9.14. The minimum absolute atomic E-state index is 1.15. The molecule has 0 radical (unpaired) electrons. The number of hydrogen-bond donors (Lipinski definition) is 0. The van der Waals surface area contributed by atoms with Gasteiger partial charge in [-0.15, -0.1) is 0 Å². The molecule has 0 bridgehead atoms. The number of hydrogen-bond acceptors (Lipinski definition) is 1. The first kappa shape index (κ1) is 9.52. The summed E-state index contributed by atoms with van der Waals surface area (Å²) in [6, 6.07) is 0. The third-order valence-corrected chi connectivity index (χ3v) is 2.82. The molecule has 1 aliphatic rings. The molecule has 64 valence electrons. The number of likely N-dealkylation sites (tertiary alicyclic amines) is 1. The van der Waals surface area contributed by atoms with Gasteiger partial charge in [0.05, 0.1) is 0 Å². The van der Waals surface area contributed by atoms with E-state index >= 15 is 0 Å². The summed E-state index contributed by atoms with van der Waals surface area (Å²) >= 11 is 2.44. The van der Waals surface area contributed by atoms with Crippen LogP contribution in [0.1, 0.15) is 19.3 Å². The lowest BCUT2D eigenvalue weighted by molar-refractivity contribution is 0.268. The van der Waals surface area contributed by atoms with Crippen molar-refractivity contribution in [1.82, 2.24) is 4.90 Å². The molecular formula is C9H16IN. The molecule has 1 nitrogen and oxygen atoms in total. The van der Waals surface area contributed by atoms with Crippen molar-refractivity contribution in [2.45, 2.75) is 19.3 Å². The summed E-state index contributed by atoms with van der Waals surface area (Å²) in [7, 11) is 0. The van der Waals surface area contributed by atoms with Crippen LogP contribution in [-0.4, -0.2) is 29.0 Å². The average Bonchev–Trinajstić information content (AvgIpc) is 2.01. The van der Waals surface area contributed by atoms with Gasteiger partial charge in [0.15, 0.2) is 0 Å². The smallest absolute Gasteiger partial charge is 0.0190 e. The van der Waals surface area contributed by atoms with E-state index in [0.29, 0.717) is 0 Å². The normalized spacial score (nSPS) is 20.6. The van der Waals surface area contributed by atoms with E-state index in [2.05, 4.69) is 34.1 Å². The zero-order valence-electron chi connectivity index (χ0n) is 6.98. The van der Waals surface area contributed by atoms with Gasteiger partial charge in [-0.25, -0.2) is 0 Å². The van der Waals surface area contributed by atoms with Crippen molar-refractivity contribution in [2.24, 2.45) is 0 Å². The number of nitrogens with zero attached hydrogens (tertiary/aromatic N) is 1. The van der Waals surface area contributed by atoms with Crippen LogP contribution in [0, 0.1) is 0 Å². The number of alkyl halides is 1. The predicted molar refractivity (Wildman–Crippen MR) is 58.3 cm³/mol. The van der Waals surface area contributed by atoms with Gasteiger partial charge in [0.1, 0.15) is 0 Å². The van der Waals surface area contributed by atoms with Crippen LogP contribution in [0.15, 0.2) is 12.2 Å². The standard InChI is InChI=1S/C9H16IN/c1-9-4-2-6-11(8-9)7-3-5-10/h1-8H2. The fraction of sp³-hybridized carbons (Fsp3) is 0.778. The molecule has 0 spiro atoms. The highest BCUT2D eigenvalue weighted by atomic mass is 127. The van der Waals surface area contributed by atoms with E-state index in [1.54, 1.807) is 0 Å². The van der Waals surface area contributed by atoms with E-state index in [1.165, 1.54) is 42.4 Å². The molecule has 0 atom stereocenters. The van der Waals surface area contributed by atoms with Crippen molar-refractivity contribution in [1.29, 1.82) is 0 Å². The first-order valence-corrected chi connectivity index (χ1v) is 5.80. The van der Waals surface area contributed by atoms with Crippen LogP contribution in [0.5, 0.6) is 0 Å². The Kier molecular flexibility index (Phi) is 4.45. The summed E-state index contributed by atoms with van der Waals surface area (Å²) in [6.45, 7) is 7.73. The summed E-state index contributed by atoms with van der Waals surface area (Å²) in [5, 5.41) is 0. The fourth-order valence-electron chi connectivity index (χ4n) is 1.50. The van der Waals surface area contributed by atoms with Crippen LogP contribution in [0.3, 0.4) is 0 Å². The third kappa shape index (κ3) is 3.56. The molecule has 0 amide bonds. The number of piperidine rings is 1. The highest BCUT2D eigenvalue weighted by Gasteiger charge is 2.11. The van der Waals surface area contributed by atoms with Crippen molar-refractivity contribution in [2.75, 3.05) is 24.1 Å². The Morgan fingerprint density at radius 1 is 1.55 bits per heavy atom. The van der Waals surface area contributed by atoms with E-state index in [1.807, 2.05) is 0 Å². The highest BCUT2D eigenvalue weighted by molar-refractivity contribution is 14.1. The quantitative estimate of drug-likeness (QED) is 0.430. The van der Waals surface area contributed by atoms with E-state index < -0.39 is 0 Å². The third-order valence-electron chi connectivity index (χ3n) is 2.06. The summed E-state index contributed by atoms with van der Waals surface area (Å²) < 4.78 is 1.28. The highest BCUT2D eigenvalue weighted by Crippen LogP contribution is 2.13. The molecule has 0 unspecified atom stereocenters. The predicted octanol–water partition coefficient (Wildman–Crippen LogP) is 2.46. The molecule has 2 heteroatoms. The van der Waals surface area contributed by atoms with Crippen molar-refractivity contribution < 1.29 is 0 Å². The topological polar surface area (TPSA) is 3.24 Å². The van der Waals surface area contributed by atoms with Crippen LogP contribution in [0.25, 0.3) is 0 Å². The Bertz CT molecular complexity index is 134. The van der Waals surface area contributed by atoms with Crippen molar-refractivity contribution >= 4 is 22.6 Å². The van der Waals surface area contributed by atoms with Crippen molar-refractivity contribution in [3.8, 4) is 0 Å². The van der Waals surface area contributed by atoms with Crippen LogP contribution >= 0.6 is 22.6 Å². The SMILES string of the molecule is C=C1CCCN(CCCI)C1. The maximum absolute atomic E-state index is 4.03. The summed E-state index contributed by atoms with van der Waals surface area (Å²) in [6.07, 6.45) is 3.90. The Morgan fingerprint density at radius 3 is 3.00 bits per heavy atom. The Hall–Kier alpha value is 0.430. The molecule has 0 aliphatic carbocycles. The van der Waals surface area contributed by atoms with Crippen LogP contribution in [0.2, 0.25) is 0 Å². The first-order chi connectivity index (χ1) is 5.33. The Balaban J connectivity index is 2.17. The van der Waals surface area contributed by atoms with Gasteiger partial charge in [0.25, 0.3) is 0 Å². The van der Waals surface area contributed by atoms with Gasteiger partial charge in [0.2, 0.25) is 0 Å². The Labute approximate surface area is 83.0 Å². The zero-order chi connectivity index (χ0) is 8.10. The molecule has 0 aromatic carbocycles. The van der Waals surface area contributed by atoms with Crippen molar-refractivity contribution in [3.63, 3.8) is 0 Å². The second-order valence-electron chi connectivity index (χ2n) is 3.17. The molecular weight excluding hydrogens is 249 g/mol. The maximum atomic E-state index is 4.03. The van der Waals surface area contributed by atoms with Crippen molar-refractivity contribution in [3.05, 3.63) is 12.2 Å². The number of halogens is 1. The molecule has 1 rings (SSSR count). The molecule has 1 aliphatic heterocycles. The van der Waals surface area contributed by atoms with E-state index in [4.69, 9.17) is 0 Å². The van der Waals surface area contributed by atoms with E-state index in [9.17, 15) is 0 Å². The fourth-order valence-corrected chi connectivity index (χ4v) is 1.84. The molecule has 1 saturated heterocycles. The number of rotatable bonds is 3. The molecule has 0 saturated carbocycles. The molecule has 1 fully saturated rings. The lowest BCUT2D eigenvalue weighted by Crippen LogP contribution is -2.31. The van der Waals surface area contributed by atoms with E-state index in [0.717, 1.165) is 6.54 Å². The second-order valence-corrected chi connectivity index (χ2v) is 4.25. The minimum Gasteiger partial charge on any atom is -0.299 e. The summed E-state index contributed by atoms with van der Waals surface area (Å²) in [5.41, 5.74) is 1.42. The van der Waals surface area contributed by atoms with Gasteiger partial charge in [-0.2, -0.15) is 0 Å². The maximum Gasteiger partial charge on any atom is 0.0190 e. The molecule has 0 aromatic heterocycles. The van der Waals surface area contributed by atoms with Crippen LogP contribution < -0.4 is 0 Å². The van der Waals surface area contributed by atoms with E-state index in [-0.39, 0.29) is 0 Å². The summed E-state index contributed by atoms with van der Waals surface area (Å²) in [4.78, 5) is 2.52. The largest absolute Gasteiger partial charge is 0.299 e. The van der Waals surface area contributed by atoms with Gasteiger partial charge in [-0.05, 0) is 32.4 Å². The van der Waals surface area contributed by atoms with Gasteiger partial charge < -0.3 is 0 Å². The van der Waals surface area contributed by atoms with Gasteiger partial charge in [0, 0.05) is 11.0 Å². The monoisotopic (exact) mass is 265 g/mol. The lowest BCUT2D eigenvalue weighted by Gasteiger charge is -2.27. The molecule has 11 heavy (non-hydrogen) atoms. The summed E-state index contributed by atoms with van der Waals surface area (Å²) in [5.74, 6) is 0. The Morgan fingerprint density at radius 2 is 2.36 bits per heavy atom. The van der Waals surface area contributed by atoms with Gasteiger partial charge in [-0.3, -0.25) is 4.90 Å². The second kappa shape index (κ2) is 5.14. The average molecular weight is 265 g/mol. The minimum atomic E-state index is 1.15. The molecule has 0 aromatic rings. The molecule has 1 heterocycles. The van der Waals surface area contributed by atoms with Crippen LogP contribution in [-0.2, 0) is 0 Å².